The van der Waals surface area contributed by atoms with E-state index in [9.17, 15) is 14.4 Å². The number of hydrazone groups is 1. The first-order chi connectivity index (χ1) is 19.8. The second-order valence-corrected chi connectivity index (χ2v) is 9.09. The molecule has 2 aromatic carbocycles. The molecule has 0 bridgehead atoms. The third kappa shape index (κ3) is 7.17. The van der Waals surface area contributed by atoms with Gasteiger partial charge in [0, 0.05) is 16.8 Å². The first-order valence-corrected chi connectivity index (χ1v) is 13.0. The van der Waals surface area contributed by atoms with Crippen LogP contribution in [-0.4, -0.2) is 49.5 Å². The third-order valence-electron chi connectivity index (χ3n) is 5.93. The first-order valence-electron chi connectivity index (χ1n) is 12.6. The Hall–Kier alpha value is -4.97. The second kappa shape index (κ2) is 13.4. The summed E-state index contributed by atoms with van der Waals surface area (Å²) >= 11 is 5.30. The molecular weight excluding hydrogens is 548 g/mol. The standard InChI is InChI=1S/C29H28N4O7S/c1-4-38-28(36)25-17(2)31-29(41)32-26(25)21-10-5-6-11-23(21)39-16-24(34)33-30-15-20-12-13-22(40-20)18-8-7-9-19(14-18)27(35)37-3/h5-15,26H,4,16H2,1-3H3,(H,33,34)(H2,31,32,41)/t26-/m0/s1. The zero-order chi connectivity index (χ0) is 29.4. The molecule has 4 rings (SSSR count). The van der Waals surface area contributed by atoms with Crippen LogP contribution in [0.3, 0.4) is 0 Å². The topological polar surface area (TPSA) is 140 Å². The van der Waals surface area contributed by atoms with Crippen LogP contribution in [0.1, 0.15) is 41.6 Å². The Kier molecular flexibility index (Phi) is 9.48. The highest BCUT2D eigenvalue weighted by atomic mass is 32.1. The van der Waals surface area contributed by atoms with Gasteiger partial charge in [-0.15, -0.1) is 0 Å². The molecule has 0 fully saturated rings. The number of esters is 2. The second-order valence-electron chi connectivity index (χ2n) is 8.68. The molecule has 41 heavy (non-hydrogen) atoms. The van der Waals surface area contributed by atoms with Crippen LogP contribution in [-0.2, 0) is 19.1 Å². The number of nitrogens with zero attached hydrogens (tertiary/aromatic N) is 1. The van der Waals surface area contributed by atoms with Crippen LogP contribution in [0.4, 0.5) is 0 Å². The molecule has 1 atom stereocenters. The van der Waals surface area contributed by atoms with E-state index in [2.05, 4.69) is 21.2 Å². The monoisotopic (exact) mass is 576 g/mol. The molecule has 1 aliphatic rings. The number of allylic oxidation sites excluding steroid dienone is 1. The summed E-state index contributed by atoms with van der Waals surface area (Å²) in [7, 11) is 1.32. The van der Waals surface area contributed by atoms with E-state index in [1.165, 1.54) is 13.3 Å². The molecule has 0 saturated heterocycles. The van der Waals surface area contributed by atoms with E-state index in [1.807, 2.05) is 0 Å². The lowest BCUT2D eigenvalue weighted by Gasteiger charge is -2.30. The van der Waals surface area contributed by atoms with E-state index >= 15 is 0 Å². The zero-order valence-corrected chi connectivity index (χ0v) is 23.4. The fourth-order valence-corrected chi connectivity index (χ4v) is 4.37. The Morgan fingerprint density at radius 1 is 1.10 bits per heavy atom. The maximum atomic E-state index is 12.7. The van der Waals surface area contributed by atoms with Gasteiger partial charge in [0.1, 0.15) is 17.3 Å². The number of furan rings is 1. The van der Waals surface area contributed by atoms with Gasteiger partial charge in [-0.1, -0.05) is 30.3 Å². The van der Waals surface area contributed by atoms with Crippen molar-refractivity contribution in [3.05, 3.63) is 88.8 Å². The number of amides is 1. The molecule has 0 radical (unpaired) electrons. The Morgan fingerprint density at radius 2 is 1.90 bits per heavy atom. The van der Waals surface area contributed by atoms with Gasteiger partial charge in [-0.2, -0.15) is 5.10 Å². The van der Waals surface area contributed by atoms with E-state index in [0.29, 0.717) is 50.3 Å². The van der Waals surface area contributed by atoms with E-state index < -0.39 is 23.9 Å². The summed E-state index contributed by atoms with van der Waals surface area (Å²) in [5, 5.41) is 10.3. The minimum atomic E-state index is -0.637. The minimum absolute atomic E-state index is 0.216. The van der Waals surface area contributed by atoms with Crippen molar-refractivity contribution in [2.45, 2.75) is 19.9 Å². The van der Waals surface area contributed by atoms with Gasteiger partial charge in [0.2, 0.25) is 0 Å². The Bertz CT molecular complexity index is 1530. The highest BCUT2D eigenvalue weighted by Gasteiger charge is 2.32. The Balaban J connectivity index is 1.39. The molecule has 2 heterocycles. The summed E-state index contributed by atoms with van der Waals surface area (Å²) in [5.41, 5.74) is 5.01. The fraction of sp³-hybridized carbons (Fsp3) is 0.207. The van der Waals surface area contributed by atoms with E-state index in [1.54, 1.807) is 74.5 Å². The predicted molar refractivity (Wildman–Crippen MR) is 154 cm³/mol. The summed E-state index contributed by atoms with van der Waals surface area (Å²) in [5.74, 6) is -0.170. The van der Waals surface area contributed by atoms with Crippen molar-refractivity contribution >= 4 is 41.4 Å². The molecule has 0 saturated carbocycles. The highest BCUT2D eigenvalue weighted by molar-refractivity contribution is 7.80. The lowest BCUT2D eigenvalue weighted by atomic mass is 9.95. The van der Waals surface area contributed by atoms with Crippen LogP contribution in [0, 0.1) is 0 Å². The van der Waals surface area contributed by atoms with Crippen molar-refractivity contribution in [1.29, 1.82) is 0 Å². The van der Waals surface area contributed by atoms with E-state index in [-0.39, 0.29) is 13.2 Å². The minimum Gasteiger partial charge on any atom is -0.483 e. The SMILES string of the molecule is CCOC(=O)C1=C(C)NC(=S)N[C@H]1c1ccccc1OCC(=O)NN=Cc1ccc(-c2cccc(C(=O)OC)c2)o1. The summed E-state index contributed by atoms with van der Waals surface area (Å²) in [4.78, 5) is 36.9. The third-order valence-corrected chi connectivity index (χ3v) is 6.15. The Morgan fingerprint density at radius 3 is 2.68 bits per heavy atom. The number of nitrogens with one attached hydrogen (secondary N) is 3. The van der Waals surface area contributed by atoms with Gasteiger partial charge >= 0.3 is 11.9 Å². The van der Waals surface area contributed by atoms with E-state index in [4.69, 9.17) is 30.8 Å². The van der Waals surface area contributed by atoms with Crippen LogP contribution < -0.4 is 20.8 Å². The number of benzene rings is 2. The van der Waals surface area contributed by atoms with Crippen LogP contribution >= 0.6 is 12.2 Å². The average molecular weight is 577 g/mol. The largest absolute Gasteiger partial charge is 0.483 e. The van der Waals surface area contributed by atoms with Gasteiger partial charge in [-0.3, -0.25) is 4.79 Å². The summed E-state index contributed by atoms with van der Waals surface area (Å²) in [6.45, 7) is 3.34. The molecule has 212 valence electrons. The van der Waals surface area contributed by atoms with Crippen molar-refractivity contribution in [3.8, 4) is 17.1 Å². The summed E-state index contributed by atoms with van der Waals surface area (Å²) < 4.78 is 21.5. The Labute approximate surface area is 241 Å². The number of methoxy groups -OCH3 is 1. The molecule has 0 unspecified atom stereocenters. The number of carbonyl (C=O) groups excluding carboxylic acids is 3. The molecule has 0 aliphatic carbocycles. The summed E-state index contributed by atoms with van der Waals surface area (Å²) in [6, 6.07) is 16.6. The fourth-order valence-electron chi connectivity index (χ4n) is 4.10. The number of carbonyl (C=O) groups is 3. The molecule has 11 nitrogen and oxygen atoms in total. The van der Waals surface area contributed by atoms with Gasteiger partial charge in [-0.25, -0.2) is 15.0 Å². The van der Waals surface area contributed by atoms with Gasteiger partial charge in [-0.05, 0) is 56.4 Å². The van der Waals surface area contributed by atoms with Gasteiger partial charge in [0.15, 0.2) is 11.7 Å². The maximum absolute atomic E-state index is 12.7. The predicted octanol–water partition coefficient (Wildman–Crippen LogP) is 3.62. The van der Waals surface area contributed by atoms with E-state index in [0.717, 1.165) is 0 Å². The molecule has 1 aliphatic heterocycles. The number of hydrogen-bond acceptors (Lipinski definition) is 9. The normalized spacial score (nSPS) is 14.7. The summed E-state index contributed by atoms with van der Waals surface area (Å²) in [6.07, 6.45) is 1.35. The number of thiocarbonyl (C=S) groups is 1. The molecule has 3 aromatic rings. The smallest absolute Gasteiger partial charge is 0.338 e. The number of para-hydroxylation sites is 1. The number of hydrogen-bond donors (Lipinski definition) is 3. The lowest BCUT2D eigenvalue weighted by Crippen LogP contribution is -2.45. The molecule has 0 spiro atoms. The van der Waals surface area contributed by atoms with Crippen molar-refractivity contribution < 1.29 is 33.0 Å². The molecule has 3 N–H and O–H groups in total. The van der Waals surface area contributed by atoms with Gasteiger partial charge in [0.05, 0.1) is 37.1 Å². The first kappa shape index (κ1) is 29.0. The maximum Gasteiger partial charge on any atom is 0.338 e. The molecule has 12 heteroatoms. The van der Waals surface area contributed by atoms with Crippen LogP contribution in [0.5, 0.6) is 5.75 Å². The molecule has 1 aromatic heterocycles. The van der Waals surface area contributed by atoms with Crippen LogP contribution in [0.2, 0.25) is 0 Å². The lowest BCUT2D eigenvalue weighted by molar-refractivity contribution is -0.139. The molecule has 1 amide bonds. The highest BCUT2D eigenvalue weighted by Crippen LogP contribution is 2.33. The van der Waals surface area contributed by atoms with Crippen molar-refractivity contribution in [2.24, 2.45) is 5.10 Å². The van der Waals surface area contributed by atoms with Crippen molar-refractivity contribution in [1.82, 2.24) is 16.1 Å². The number of rotatable bonds is 10. The van der Waals surface area contributed by atoms with Gasteiger partial charge in [0.25, 0.3) is 5.91 Å². The van der Waals surface area contributed by atoms with Gasteiger partial charge < -0.3 is 29.3 Å². The van der Waals surface area contributed by atoms with Crippen molar-refractivity contribution in [3.63, 3.8) is 0 Å². The van der Waals surface area contributed by atoms with Crippen LogP contribution in [0.15, 0.2) is 81.5 Å². The number of ether oxygens (including phenoxy) is 3. The van der Waals surface area contributed by atoms with Crippen molar-refractivity contribution in [2.75, 3.05) is 20.3 Å². The average Bonchev–Trinajstić information content (AvgIpc) is 3.44. The molecular formula is C29H28N4O7S. The van der Waals surface area contributed by atoms with Crippen LogP contribution in [0.25, 0.3) is 11.3 Å². The quantitative estimate of drug-likeness (QED) is 0.142. The zero-order valence-electron chi connectivity index (χ0n) is 22.6.